The van der Waals surface area contributed by atoms with Gasteiger partial charge in [0.15, 0.2) is 5.65 Å². The fraction of sp³-hybridized carbons (Fsp3) is 0.615. The number of methoxy groups -OCH3 is 1. The molecule has 3 rings (SSSR count). The normalized spacial score (nSPS) is 20.6. The maximum Gasteiger partial charge on any atom is 0.162 e. The summed E-state index contributed by atoms with van der Waals surface area (Å²) >= 11 is 2.26. The van der Waals surface area contributed by atoms with E-state index in [0.717, 1.165) is 47.4 Å². The number of fused-ring (bicyclic) bond motifs is 1. The lowest BCUT2D eigenvalue weighted by Gasteiger charge is -2.32. The van der Waals surface area contributed by atoms with E-state index in [-0.39, 0.29) is 0 Å². The molecule has 1 aliphatic rings. The van der Waals surface area contributed by atoms with E-state index in [4.69, 9.17) is 4.74 Å². The first-order valence-corrected chi connectivity index (χ1v) is 7.92. The summed E-state index contributed by atoms with van der Waals surface area (Å²) < 4.78 is 8.23. The van der Waals surface area contributed by atoms with E-state index in [0.29, 0.717) is 6.04 Å². The van der Waals surface area contributed by atoms with Gasteiger partial charge in [0.05, 0.1) is 18.0 Å². The Morgan fingerprint density at radius 1 is 1.50 bits per heavy atom. The van der Waals surface area contributed by atoms with Gasteiger partial charge in [-0.1, -0.05) is 0 Å². The summed E-state index contributed by atoms with van der Waals surface area (Å²) in [5.74, 6) is 0. The third-order valence-electron chi connectivity index (χ3n) is 3.76. The Morgan fingerprint density at radius 2 is 2.40 bits per heavy atom. The van der Waals surface area contributed by atoms with Gasteiger partial charge in [-0.25, -0.2) is 14.6 Å². The Balaban J connectivity index is 1.83. The molecule has 0 N–H and O–H groups in total. The largest absolute Gasteiger partial charge is 0.383 e. The molecule has 6 nitrogen and oxygen atoms in total. The van der Waals surface area contributed by atoms with Gasteiger partial charge < -0.3 is 4.74 Å². The number of likely N-dealkylation sites (tertiary alicyclic amines) is 1. The first-order valence-electron chi connectivity index (χ1n) is 6.84. The molecule has 7 heteroatoms. The first kappa shape index (κ1) is 14.2. The summed E-state index contributed by atoms with van der Waals surface area (Å²) in [4.78, 5) is 10.9. The van der Waals surface area contributed by atoms with Gasteiger partial charge >= 0.3 is 0 Å². The highest BCUT2D eigenvalue weighted by molar-refractivity contribution is 14.1. The van der Waals surface area contributed by atoms with Crippen molar-refractivity contribution in [2.45, 2.75) is 18.9 Å². The smallest absolute Gasteiger partial charge is 0.162 e. The highest BCUT2D eigenvalue weighted by Crippen LogP contribution is 2.26. The Labute approximate surface area is 131 Å². The molecule has 1 aliphatic heterocycles. The van der Waals surface area contributed by atoms with Gasteiger partial charge in [0.25, 0.3) is 0 Å². The van der Waals surface area contributed by atoms with Crippen molar-refractivity contribution in [3.63, 3.8) is 0 Å². The zero-order chi connectivity index (χ0) is 13.9. The predicted molar refractivity (Wildman–Crippen MR) is 84.6 cm³/mol. The van der Waals surface area contributed by atoms with E-state index in [1.165, 1.54) is 6.42 Å². The van der Waals surface area contributed by atoms with Gasteiger partial charge in [-0.3, -0.25) is 4.90 Å². The fourth-order valence-corrected chi connectivity index (χ4v) is 3.37. The van der Waals surface area contributed by atoms with Crippen molar-refractivity contribution >= 4 is 33.6 Å². The van der Waals surface area contributed by atoms with Gasteiger partial charge in [-0.2, -0.15) is 5.10 Å². The Bertz CT molecular complexity index is 587. The van der Waals surface area contributed by atoms with E-state index in [1.807, 2.05) is 6.20 Å². The third kappa shape index (κ3) is 2.79. The van der Waals surface area contributed by atoms with Crippen LogP contribution in [0.2, 0.25) is 0 Å². The molecule has 0 radical (unpaired) electrons. The quantitative estimate of drug-likeness (QED) is 0.748. The number of aromatic nitrogens is 4. The van der Waals surface area contributed by atoms with E-state index < -0.39 is 0 Å². The molecule has 20 heavy (non-hydrogen) atoms. The van der Waals surface area contributed by atoms with Crippen LogP contribution in [0.3, 0.4) is 0 Å². The Hall–Kier alpha value is -0.800. The molecule has 0 aliphatic carbocycles. The number of ether oxygens (including phenoxy) is 1. The third-order valence-corrected chi connectivity index (χ3v) is 4.56. The molecule has 3 heterocycles. The molecule has 108 valence electrons. The van der Waals surface area contributed by atoms with Crippen LogP contribution in [0.4, 0.5) is 0 Å². The number of halogens is 1. The summed E-state index contributed by atoms with van der Waals surface area (Å²) in [6.07, 6.45) is 5.79. The van der Waals surface area contributed by atoms with Crippen molar-refractivity contribution < 1.29 is 4.74 Å². The van der Waals surface area contributed by atoms with Crippen molar-refractivity contribution in [3.8, 4) is 0 Å². The van der Waals surface area contributed by atoms with Crippen LogP contribution in [-0.2, 0) is 4.74 Å². The minimum atomic E-state index is 0.390. The maximum atomic E-state index is 5.17. The van der Waals surface area contributed by atoms with Crippen molar-refractivity contribution in [2.75, 3.05) is 33.4 Å². The van der Waals surface area contributed by atoms with Crippen LogP contribution in [-0.4, -0.2) is 58.0 Å². The number of nitrogens with zero attached hydrogens (tertiary/aromatic N) is 5. The van der Waals surface area contributed by atoms with Gasteiger partial charge in [-0.05, 0) is 42.0 Å². The second kappa shape index (κ2) is 6.31. The molecule has 1 atom stereocenters. The van der Waals surface area contributed by atoms with Gasteiger partial charge in [-0.15, -0.1) is 0 Å². The van der Waals surface area contributed by atoms with Gasteiger partial charge in [0.2, 0.25) is 0 Å². The molecule has 1 saturated heterocycles. The van der Waals surface area contributed by atoms with Crippen LogP contribution in [0, 0.1) is 3.70 Å². The van der Waals surface area contributed by atoms with Gasteiger partial charge in [0, 0.05) is 26.4 Å². The SMILES string of the molecule is COCCN1CCCC(n2nc(I)c3cncnc32)C1. The lowest BCUT2D eigenvalue weighted by molar-refractivity contribution is 0.114. The highest BCUT2D eigenvalue weighted by atomic mass is 127. The molecule has 0 saturated carbocycles. The van der Waals surface area contributed by atoms with E-state index in [2.05, 4.69) is 47.2 Å². The second-order valence-electron chi connectivity index (χ2n) is 5.08. The lowest BCUT2D eigenvalue weighted by atomic mass is 10.1. The molecule has 1 unspecified atom stereocenters. The van der Waals surface area contributed by atoms with Crippen LogP contribution in [0.15, 0.2) is 12.5 Å². The number of hydrogen-bond donors (Lipinski definition) is 0. The number of piperidine rings is 1. The highest BCUT2D eigenvalue weighted by Gasteiger charge is 2.24. The maximum absolute atomic E-state index is 5.17. The Morgan fingerprint density at radius 3 is 3.25 bits per heavy atom. The monoisotopic (exact) mass is 387 g/mol. The lowest BCUT2D eigenvalue weighted by Crippen LogP contribution is -2.38. The summed E-state index contributed by atoms with van der Waals surface area (Å²) in [6, 6.07) is 0.390. The molecule has 0 bridgehead atoms. The van der Waals surface area contributed by atoms with Crippen LogP contribution >= 0.6 is 22.6 Å². The Kier molecular flexibility index (Phi) is 4.47. The molecule has 0 amide bonds. The molecular weight excluding hydrogens is 369 g/mol. The van der Waals surface area contributed by atoms with E-state index in [1.54, 1.807) is 13.4 Å². The minimum Gasteiger partial charge on any atom is -0.383 e. The minimum absolute atomic E-state index is 0.390. The standard InChI is InChI=1S/C13H18IN5O/c1-20-6-5-18-4-2-3-10(8-18)19-13-11(12(14)17-19)7-15-9-16-13/h7,9-10H,2-6,8H2,1H3. The molecule has 0 spiro atoms. The summed E-state index contributed by atoms with van der Waals surface area (Å²) in [5, 5.41) is 5.71. The average Bonchev–Trinajstić information content (AvgIpc) is 2.83. The number of rotatable bonds is 4. The zero-order valence-corrected chi connectivity index (χ0v) is 13.7. The summed E-state index contributed by atoms with van der Waals surface area (Å²) in [7, 11) is 1.75. The van der Waals surface area contributed by atoms with E-state index in [9.17, 15) is 0 Å². The summed E-state index contributed by atoms with van der Waals surface area (Å²) in [6.45, 7) is 3.93. The average molecular weight is 387 g/mol. The topological polar surface area (TPSA) is 56.1 Å². The van der Waals surface area contributed by atoms with Crippen LogP contribution < -0.4 is 0 Å². The molecule has 2 aromatic heterocycles. The van der Waals surface area contributed by atoms with Crippen molar-refractivity contribution in [2.24, 2.45) is 0 Å². The fourth-order valence-electron chi connectivity index (χ4n) is 2.76. The predicted octanol–water partition coefficient (Wildman–Crippen LogP) is 1.71. The molecule has 2 aromatic rings. The van der Waals surface area contributed by atoms with Gasteiger partial charge in [0.1, 0.15) is 10.0 Å². The molecular formula is C13H18IN5O. The zero-order valence-electron chi connectivity index (χ0n) is 11.5. The van der Waals surface area contributed by atoms with Crippen molar-refractivity contribution in [1.82, 2.24) is 24.6 Å². The molecule has 0 aromatic carbocycles. The number of hydrogen-bond acceptors (Lipinski definition) is 5. The molecule has 1 fully saturated rings. The first-order chi connectivity index (χ1) is 9.79. The van der Waals surface area contributed by atoms with Crippen molar-refractivity contribution in [1.29, 1.82) is 0 Å². The van der Waals surface area contributed by atoms with Crippen LogP contribution in [0.1, 0.15) is 18.9 Å². The van der Waals surface area contributed by atoms with Crippen molar-refractivity contribution in [3.05, 3.63) is 16.2 Å². The van der Waals surface area contributed by atoms with E-state index >= 15 is 0 Å². The van der Waals surface area contributed by atoms with Crippen LogP contribution in [0.5, 0.6) is 0 Å². The second-order valence-corrected chi connectivity index (χ2v) is 6.11. The van der Waals surface area contributed by atoms with Crippen LogP contribution in [0.25, 0.3) is 11.0 Å². The summed E-state index contributed by atoms with van der Waals surface area (Å²) in [5.41, 5.74) is 0.947.